The Hall–Kier alpha value is -1.61. The number of anilines is 1. The molecule has 0 saturated carbocycles. The fourth-order valence-corrected chi connectivity index (χ4v) is 3.95. The number of pyridine rings is 1. The van der Waals surface area contributed by atoms with Crippen molar-refractivity contribution in [3.8, 4) is 0 Å². The highest BCUT2D eigenvalue weighted by Gasteiger charge is 2.41. The SMILES string of the molecule is CN=C(NCc1cc(N(C)C)nc2ccccc12)NC1CC2CCC1O2.I. The lowest BCUT2D eigenvalue weighted by molar-refractivity contribution is 0.0992. The molecule has 6 nitrogen and oxygen atoms in total. The first kappa shape index (κ1) is 20.1. The summed E-state index contributed by atoms with van der Waals surface area (Å²) in [6.45, 7) is 0.700. The number of halogens is 1. The second-order valence-corrected chi connectivity index (χ2v) is 7.34. The zero-order chi connectivity index (χ0) is 18.1. The van der Waals surface area contributed by atoms with Gasteiger partial charge in [0.15, 0.2) is 5.96 Å². The lowest BCUT2D eigenvalue weighted by Crippen LogP contribution is -2.47. The van der Waals surface area contributed by atoms with E-state index in [0.29, 0.717) is 24.8 Å². The predicted octanol–water partition coefficient (Wildman–Crippen LogP) is 2.90. The molecule has 7 heteroatoms. The fraction of sp³-hybridized carbons (Fsp3) is 0.500. The van der Waals surface area contributed by atoms with Gasteiger partial charge in [0.1, 0.15) is 5.82 Å². The first-order valence-corrected chi connectivity index (χ1v) is 9.32. The molecule has 3 atom stereocenters. The second-order valence-electron chi connectivity index (χ2n) is 7.34. The van der Waals surface area contributed by atoms with Crippen LogP contribution in [0.5, 0.6) is 0 Å². The van der Waals surface area contributed by atoms with Gasteiger partial charge in [-0.25, -0.2) is 4.98 Å². The maximum Gasteiger partial charge on any atom is 0.191 e. The van der Waals surface area contributed by atoms with Gasteiger partial charge in [0.05, 0.1) is 23.8 Å². The number of hydrogen-bond acceptors (Lipinski definition) is 4. The summed E-state index contributed by atoms with van der Waals surface area (Å²) in [5.41, 5.74) is 2.23. The summed E-state index contributed by atoms with van der Waals surface area (Å²) < 4.78 is 5.93. The van der Waals surface area contributed by atoms with Gasteiger partial charge in [-0.3, -0.25) is 4.99 Å². The number of rotatable bonds is 4. The van der Waals surface area contributed by atoms with Gasteiger partial charge in [-0.05, 0) is 37.0 Å². The normalized spacial score (nSPS) is 24.0. The van der Waals surface area contributed by atoms with Crippen LogP contribution in [0.2, 0.25) is 0 Å². The molecule has 2 N–H and O–H groups in total. The van der Waals surface area contributed by atoms with Crippen molar-refractivity contribution in [1.82, 2.24) is 15.6 Å². The minimum absolute atomic E-state index is 0. The molecule has 4 rings (SSSR count). The van der Waals surface area contributed by atoms with E-state index in [1.807, 2.05) is 32.1 Å². The third-order valence-corrected chi connectivity index (χ3v) is 5.34. The van der Waals surface area contributed by atoms with Gasteiger partial charge in [-0.1, -0.05) is 18.2 Å². The van der Waals surface area contributed by atoms with E-state index in [2.05, 4.69) is 39.9 Å². The van der Waals surface area contributed by atoms with Crippen LogP contribution < -0.4 is 15.5 Å². The maximum atomic E-state index is 5.93. The molecular formula is C20H28IN5O. The number of guanidine groups is 1. The number of fused-ring (bicyclic) bond motifs is 3. The fourth-order valence-electron chi connectivity index (χ4n) is 3.95. The lowest BCUT2D eigenvalue weighted by atomic mass is 9.96. The standard InChI is InChI=1S/C20H27N5O.HI/c1-21-20(24-17-11-14-8-9-18(17)26-14)22-12-13-10-19(25(2)3)23-16-7-5-4-6-15(13)16;/h4-7,10,14,17-18H,8-9,11-12H2,1-3H3,(H2,21,22,24);1H. The van der Waals surface area contributed by atoms with E-state index in [9.17, 15) is 0 Å². The Morgan fingerprint density at radius 2 is 2.11 bits per heavy atom. The van der Waals surface area contributed by atoms with Crippen LogP contribution in [0.3, 0.4) is 0 Å². The van der Waals surface area contributed by atoms with Crippen LogP contribution in [-0.2, 0) is 11.3 Å². The summed E-state index contributed by atoms with van der Waals surface area (Å²) >= 11 is 0. The van der Waals surface area contributed by atoms with Gasteiger partial charge < -0.3 is 20.3 Å². The van der Waals surface area contributed by atoms with E-state index in [1.165, 1.54) is 17.4 Å². The largest absolute Gasteiger partial charge is 0.373 e. The van der Waals surface area contributed by atoms with Crippen molar-refractivity contribution in [2.24, 2.45) is 4.99 Å². The van der Waals surface area contributed by atoms with E-state index >= 15 is 0 Å². The number of para-hydroxylation sites is 1. The molecule has 2 fully saturated rings. The molecule has 1 aromatic carbocycles. The van der Waals surface area contributed by atoms with Crippen molar-refractivity contribution in [3.05, 3.63) is 35.9 Å². The summed E-state index contributed by atoms with van der Waals surface area (Å²) in [5, 5.41) is 8.18. The summed E-state index contributed by atoms with van der Waals surface area (Å²) in [6, 6.07) is 10.8. The molecule has 0 spiro atoms. The number of ether oxygens (including phenoxy) is 1. The van der Waals surface area contributed by atoms with E-state index in [0.717, 1.165) is 30.1 Å². The topological polar surface area (TPSA) is 61.8 Å². The molecule has 146 valence electrons. The zero-order valence-corrected chi connectivity index (χ0v) is 18.4. The number of nitrogens with zero attached hydrogens (tertiary/aromatic N) is 3. The summed E-state index contributed by atoms with van der Waals surface area (Å²) in [6.07, 6.45) is 4.20. The zero-order valence-electron chi connectivity index (χ0n) is 16.1. The molecule has 3 heterocycles. The minimum atomic E-state index is 0. The van der Waals surface area contributed by atoms with Crippen LogP contribution in [0.15, 0.2) is 35.3 Å². The Morgan fingerprint density at radius 1 is 1.30 bits per heavy atom. The third kappa shape index (κ3) is 4.29. The van der Waals surface area contributed by atoms with Crippen LogP contribution >= 0.6 is 24.0 Å². The van der Waals surface area contributed by atoms with Gasteiger partial charge in [-0.2, -0.15) is 0 Å². The molecule has 2 bridgehead atoms. The quantitative estimate of drug-likeness (QED) is 0.400. The van der Waals surface area contributed by atoms with E-state index in [1.54, 1.807) is 0 Å². The van der Waals surface area contributed by atoms with Crippen LogP contribution in [0.1, 0.15) is 24.8 Å². The molecule has 27 heavy (non-hydrogen) atoms. The van der Waals surface area contributed by atoms with Crippen LogP contribution in [0, 0.1) is 0 Å². The van der Waals surface area contributed by atoms with Gasteiger partial charge in [0.2, 0.25) is 0 Å². The molecule has 2 aromatic rings. The summed E-state index contributed by atoms with van der Waals surface area (Å²) in [5.74, 6) is 1.79. The molecule has 1 aromatic heterocycles. The lowest BCUT2D eigenvalue weighted by Gasteiger charge is -2.23. The Morgan fingerprint density at radius 3 is 2.78 bits per heavy atom. The van der Waals surface area contributed by atoms with Crippen LogP contribution in [0.25, 0.3) is 10.9 Å². The van der Waals surface area contributed by atoms with E-state index in [4.69, 9.17) is 9.72 Å². The van der Waals surface area contributed by atoms with Crippen molar-refractivity contribution in [1.29, 1.82) is 0 Å². The van der Waals surface area contributed by atoms with E-state index < -0.39 is 0 Å². The second kappa shape index (κ2) is 8.60. The molecule has 2 aliphatic heterocycles. The maximum absolute atomic E-state index is 5.93. The predicted molar refractivity (Wildman–Crippen MR) is 121 cm³/mol. The number of benzene rings is 1. The average molecular weight is 481 g/mol. The number of aliphatic imine (C=N–C) groups is 1. The highest BCUT2D eigenvalue weighted by atomic mass is 127. The van der Waals surface area contributed by atoms with E-state index in [-0.39, 0.29) is 24.0 Å². The Bertz CT molecular complexity index is 825. The highest BCUT2D eigenvalue weighted by molar-refractivity contribution is 14.0. The first-order valence-electron chi connectivity index (χ1n) is 9.32. The van der Waals surface area contributed by atoms with Gasteiger partial charge in [-0.15, -0.1) is 24.0 Å². The molecule has 0 radical (unpaired) electrons. The molecular weight excluding hydrogens is 453 g/mol. The van der Waals surface area contributed by atoms with Gasteiger partial charge in [0.25, 0.3) is 0 Å². The smallest absolute Gasteiger partial charge is 0.191 e. The minimum Gasteiger partial charge on any atom is -0.373 e. The third-order valence-electron chi connectivity index (χ3n) is 5.34. The monoisotopic (exact) mass is 481 g/mol. The molecule has 2 saturated heterocycles. The van der Waals surface area contributed by atoms with Gasteiger partial charge in [0, 0.05) is 33.1 Å². The highest BCUT2D eigenvalue weighted by Crippen LogP contribution is 2.34. The Balaban J connectivity index is 0.00000210. The van der Waals surface area contributed by atoms with Crippen molar-refractivity contribution >= 4 is 46.7 Å². The molecule has 2 aliphatic rings. The van der Waals surface area contributed by atoms with Crippen molar-refractivity contribution in [2.45, 2.75) is 44.1 Å². The van der Waals surface area contributed by atoms with Crippen molar-refractivity contribution in [3.63, 3.8) is 0 Å². The van der Waals surface area contributed by atoms with Crippen LogP contribution in [-0.4, -0.2) is 50.3 Å². The van der Waals surface area contributed by atoms with Crippen molar-refractivity contribution < 1.29 is 4.74 Å². The van der Waals surface area contributed by atoms with Crippen LogP contribution in [0.4, 0.5) is 5.82 Å². The summed E-state index contributed by atoms with van der Waals surface area (Å²) in [7, 11) is 5.85. The Labute approximate surface area is 177 Å². The number of aromatic nitrogens is 1. The number of hydrogen-bond donors (Lipinski definition) is 2. The van der Waals surface area contributed by atoms with Gasteiger partial charge >= 0.3 is 0 Å². The number of nitrogens with one attached hydrogen (secondary N) is 2. The molecule has 0 amide bonds. The molecule has 3 unspecified atom stereocenters. The van der Waals surface area contributed by atoms with Crippen molar-refractivity contribution in [2.75, 3.05) is 26.0 Å². The Kier molecular flexibility index (Phi) is 6.41. The first-order chi connectivity index (χ1) is 12.6. The average Bonchev–Trinajstić information content (AvgIpc) is 3.27. The summed E-state index contributed by atoms with van der Waals surface area (Å²) in [4.78, 5) is 11.2. The molecule has 0 aliphatic carbocycles.